The van der Waals surface area contributed by atoms with Gasteiger partial charge >= 0.3 is 0 Å². The van der Waals surface area contributed by atoms with E-state index in [2.05, 4.69) is 212 Å². The molecule has 0 unspecified atom stereocenters. The van der Waals surface area contributed by atoms with Crippen molar-refractivity contribution in [3.8, 4) is 39.5 Å². The molecule has 0 saturated carbocycles. The molecular formula is C64H58FIrN3O-2. The summed E-state index contributed by atoms with van der Waals surface area (Å²) in [5.74, 6) is 1.11. The van der Waals surface area contributed by atoms with Crippen molar-refractivity contribution < 1.29 is 28.9 Å². The van der Waals surface area contributed by atoms with Gasteiger partial charge in [0.05, 0.1) is 22.4 Å². The number of para-hydroxylation sites is 2. The van der Waals surface area contributed by atoms with E-state index in [9.17, 15) is 4.39 Å². The molecule has 70 heavy (non-hydrogen) atoms. The molecule has 0 atom stereocenters. The van der Waals surface area contributed by atoms with Gasteiger partial charge in [0.2, 0.25) is 0 Å². The molecule has 0 aliphatic heterocycles. The van der Waals surface area contributed by atoms with E-state index in [0.717, 1.165) is 55.6 Å². The monoisotopic (exact) mass is 1100 g/mol. The zero-order valence-electron chi connectivity index (χ0n) is 41.6. The molecule has 4 nitrogen and oxygen atoms in total. The van der Waals surface area contributed by atoms with Crippen LogP contribution >= 0.6 is 0 Å². The summed E-state index contributed by atoms with van der Waals surface area (Å²) in [6.45, 7) is 22.5. The summed E-state index contributed by atoms with van der Waals surface area (Å²) < 4.78 is 22.3. The number of nitrogens with zero attached hydrogens (tertiary/aromatic N) is 3. The van der Waals surface area contributed by atoms with Crippen molar-refractivity contribution in [2.24, 2.45) is 0 Å². The van der Waals surface area contributed by atoms with Crippen molar-refractivity contribution in [3.05, 3.63) is 198 Å². The van der Waals surface area contributed by atoms with Crippen LogP contribution in [0, 0.1) is 17.9 Å². The van der Waals surface area contributed by atoms with E-state index in [1.54, 1.807) is 12.3 Å². The van der Waals surface area contributed by atoms with Gasteiger partial charge in [-0.3, -0.25) is 9.37 Å². The first-order chi connectivity index (χ1) is 33.0. The van der Waals surface area contributed by atoms with Gasteiger partial charge in [0.25, 0.3) is 0 Å². The topological polar surface area (TPSA) is 43.9 Å². The van der Waals surface area contributed by atoms with Gasteiger partial charge in [0, 0.05) is 43.2 Å². The second-order valence-corrected chi connectivity index (χ2v) is 21.0. The third-order valence-corrected chi connectivity index (χ3v) is 13.4. The number of halogens is 1. The summed E-state index contributed by atoms with van der Waals surface area (Å²) in [5, 5.41) is 7.12. The molecule has 11 rings (SSSR count). The quantitative estimate of drug-likeness (QED) is 0.123. The maximum atomic E-state index is 12.8. The second kappa shape index (κ2) is 18.9. The van der Waals surface area contributed by atoms with Crippen molar-refractivity contribution >= 4 is 54.5 Å². The maximum Gasteiger partial charge on any atom is 0.121 e. The molecule has 0 aliphatic carbocycles. The molecule has 1 radical (unpaired) electrons. The number of pyridine rings is 1. The van der Waals surface area contributed by atoms with Gasteiger partial charge in [-0.25, -0.2) is 0 Å². The molecule has 11 aromatic rings. The molecular weight excluding hydrogens is 1040 g/mol. The Morgan fingerprint density at radius 1 is 0.614 bits per heavy atom. The van der Waals surface area contributed by atoms with Crippen molar-refractivity contribution in [2.45, 2.75) is 91.9 Å². The molecule has 0 fully saturated rings. The predicted molar refractivity (Wildman–Crippen MR) is 287 cm³/mol. The van der Waals surface area contributed by atoms with Crippen molar-refractivity contribution in [1.29, 1.82) is 0 Å². The molecule has 8 aromatic carbocycles. The van der Waals surface area contributed by atoms with Gasteiger partial charge in [-0.15, -0.1) is 47.5 Å². The number of hydrogen-bond acceptors (Lipinski definition) is 3. The molecule has 0 saturated heterocycles. The summed E-state index contributed by atoms with van der Waals surface area (Å²) in [6, 6.07) is 59.0. The number of imidazole rings is 1. The molecule has 6 heteroatoms. The third kappa shape index (κ3) is 9.00. The van der Waals surface area contributed by atoms with Gasteiger partial charge in [-0.05, 0) is 120 Å². The largest absolute Gasteiger partial charge is 0.501 e. The van der Waals surface area contributed by atoms with E-state index in [-0.39, 0.29) is 48.6 Å². The summed E-state index contributed by atoms with van der Waals surface area (Å²) in [6.07, 6.45) is 1.78. The second-order valence-electron chi connectivity index (χ2n) is 21.0. The van der Waals surface area contributed by atoms with Crippen LogP contribution in [0.1, 0.15) is 103 Å². The average Bonchev–Trinajstić information content (AvgIpc) is 3.91. The Kier molecular flexibility index (Phi) is 13.0. The molecule has 0 aliphatic rings. The molecule has 3 heterocycles. The summed E-state index contributed by atoms with van der Waals surface area (Å²) in [4.78, 5) is 9.72. The van der Waals surface area contributed by atoms with E-state index >= 15 is 0 Å². The minimum absolute atomic E-state index is 0. The normalized spacial score (nSPS) is 12.1. The fourth-order valence-corrected chi connectivity index (χ4v) is 9.73. The number of rotatable bonds is 6. The van der Waals surface area contributed by atoms with Gasteiger partial charge < -0.3 is 14.0 Å². The van der Waals surface area contributed by atoms with Crippen LogP contribution in [0.4, 0.5) is 4.39 Å². The van der Waals surface area contributed by atoms with Crippen molar-refractivity contribution in [2.75, 3.05) is 0 Å². The standard InChI is InChI=1S/C49H43N2O.C15H15FN.Ir/c1-29(2)37-26-34(31-15-9-8-10-16-31)27-38(30(3)4)46(37)51-43-20-14-13-19-42(43)50-48(51)36-23-24-41(49(5,6)7)45-40-25-33-22-21-32-17-11-12-18-35(32)39(33)28-44(40)52-47(36)45;1-15(2,3)12-8-9-17-14(10-12)11-4-6-13(16)7-5-11;/h8-22,24-30H,1-7H3;4,6-10H,1-3H3;/q2*-1;. The Bertz CT molecular complexity index is 3670. The molecule has 0 N–H and O–H groups in total. The van der Waals surface area contributed by atoms with Gasteiger partial charge in [0.1, 0.15) is 5.58 Å². The van der Waals surface area contributed by atoms with Crippen LogP contribution in [0.5, 0.6) is 0 Å². The molecule has 0 bridgehead atoms. The summed E-state index contributed by atoms with van der Waals surface area (Å²) >= 11 is 0. The fraction of sp³-hybridized carbons (Fsp3) is 0.219. The van der Waals surface area contributed by atoms with Gasteiger partial charge in [0.15, 0.2) is 0 Å². The van der Waals surface area contributed by atoms with Crippen LogP contribution < -0.4 is 0 Å². The van der Waals surface area contributed by atoms with E-state index < -0.39 is 0 Å². The van der Waals surface area contributed by atoms with Gasteiger partial charge in [-0.2, -0.15) is 0 Å². The van der Waals surface area contributed by atoms with Crippen LogP contribution in [-0.2, 0) is 30.9 Å². The molecule has 0 spiro atoms. The fourth-order valence-electron chi connectivity index (χ4n) is 9.73. The predicted octanol–water partition coefficient (Wildman–Crippen LogP) is 17.9. The third-order valence-electron chi connectivity index (χ3n) is 13.4. The Morgan fingerprint density at radius 2 is 1.30 bits per heavy atom. The van der Waals surface area contributed by atoms with Crippen molar-refractivity contribution in [1.82, 2.24) is 14.5 Å². The number of aromatic nitrogens is 3. The first-order valence-electron chi connectivity index (χ1n) is 24.1. The summed E-state index contributed by atoms with van der Waals surface area (Å²) in [7, 11) is 0. The molecule has 3 aromatic heterocycles. The van der Waals surface area contributed by atoms with E-state index in [4.69, 9.17) is 9.40 Å². The smallest absolute Gasteiger partial charge is 0.121 e. The van der Waals surface area contributed by atoms with Crippen LogP contribution in [0.15, 0.2) is 162 Å². The number of furan rings is 1. The van der Waals surface area contributed by atoms with Gasteiger partial charge in [-0.1, -0.05) is 165 Å². The number of hydrogen-bond donors (Lipinski definition) is 0. The van der Waals surface area contributed by atoms with E-state index in [0.29, 0.717) is 0 Å². The van der Waals surface area contributed by atoms with Crippen LogP contribution in [0.2, 0.25) is 0 Å². The maximum absolute atomic E-state index is 12.8. The molecule has 353 valence electrons. The first-order valence-corrected chi connectivity index (χ1v) is 24.1. The van der Waals surface area contributed by atoms with Crippen LogP contribution in [-0.4, -0.2) is 14.5 Å². The zero-order chi connectivity index (χ0) is 48.4. The first kappa shape index (κ1) is 48.3. The Balaban J connectivity index is 0.000000286. The molecule has 0 amide bonds. The summed E-state index contributed by atoms with van der Waals surface area (Å²) in [5.41, 5.74) is 14.9. The minimum Gasteiger partial charge on any atom is -0.501 e. The van der Waals surface area contributed by atoms with Crippen LogP contribution in [0.25, 0.3) is 94.0 Å². The number of benzene rings is 8. The zero-order valence-corrected chi connectivity index (χ0v) is 44.0. The van der Waals surface area contributed by atoms with Crippen LogP contribution in [0.3, 0.4) is 0 Å². The Hall–Kier alpha value is -6.72. The van der Waals surface area contributed by atoms with E-state index in [1.807, 2.05) is 12.1 Å². The average molecular weight is 1100 g/mol. The minimum atomic E-state index is -0.277. The SMILES string of the molecule is CC(C)(C)c1ccnc(-c2[c-]cc(F)cc2)c1.CC(C)c1cc(-c2ccccc2)cc(C(C)C)c1-n1c(-c2[c-]cc(C(C)(C)C)c3c2oc2cc4c(ccc5ccccc54)cc23)nc2ccccc21.[Ir]. The number of fused-ring (bicyclic) bond motifs is 7. The Labute approximate surface area is 425 Å². The Morgan fingerprint density at radius 3 is 1.99 bits per heavy atom. The van der Waals surface area contributed by atoms with E-state index in [1.165, 1.54) is 72.7 Å². The van der Waals surface area contributed by atoms with Crippen molar-refractivity contribution in [3.63, 3.8) is 0 Å².